The van der Waals surface area contributed by atoms with Crippen molar-refractivity contribution >= 4 is 15.9 Å². The quantitative estimate of drug-likeness (QED) is 0.904. The lowest BCUT2D eigenvalue weighted by Gasteiger charge is -2.18. The highest BCUT2D eigenvalue weighted by Crippen LogP contribution is 2.34. The Bertz CT molecular complexity index is 641. The molecule has 2 rings (SSSR count). The monoisotopic (exact) mass is 353 g/mol. The van der Waals surface area contributed by atoms with Crippen LogP contribution in [0.3, 0.4) is 0 Å². The maximum Gasteiger partial charge on any atom is 0.161 e. The van der Waals surface area contributed by atoms with Crippen LogP contribution in [-0.2, 0) is 0 Å². The first-order valence-electron chi connectivity index (χ1n) is 6.40. The number of aryl methyl sites for hydroxylation is 1. The molecular weight excluding hydrogens is 337 g/mol. The van der Waals surface area contributed by atoms with Crippen LogP contribution in [0.1, 0.15) is 22.7 Å². The van der Waals surface area contributed by atoms with Gasteiger partial charge in [-0.1, -0.05) is 15.9 Å². The number of hydrogen-bond donors (Lipinski definition) is 1. The van der Waals surface area contributed by atoms with Crippen molar-refractivity contribution in [2.45, 2.75) is 13.0 Å². The zero-order valence-electron chi connectivity index (χ0n) is 12.1. The van der Waals surface area contributed by atoms with Crippen molar-refractivity contribution in [2.24, 2.45) is 5.73 Å². The van der Waals surface area contributed by atoms with Gasteiger partial charge in [-0.05, 0) is 53.9 Å². The summed E-state index contributed by atoms with van der Waals surface area (Å²) in [5.41, 5.74) is 8.80. The normalized spacial score (nSPS) is 12.1. The molecule has 0 amide bonds. The minimum atomic E-state index is -0.447. The zero-order valence-corrected chi connectivity index (χ0v) is 13.7. The maximum absolute atomic E-state index is 13.5. The summed E-state index contributed by atoms with van der Waals surface area (Å²) in [5, 5.41) is 0. The first-order chi connectivity index (χ1) is 9.96. The Balaban J connectivity index is 2.49. The van der Waals surface area contributed by atoms with Gasteiger partial charge >= 0.3 is 0 Å². The predicted octanol–water partition coefficient (Wildman–Crippen LogP) is 3.96. The van der Waals surface area contributed by atoms with Crippen molar-refractivity contribution in [1.29, 1.82) is 0 Å². The molecule has 0 bridgehead atoms. The van der Waals surface area contributed by atoms with Crippen LogP contribution in [0.5, 0.6) is 11.5 Å². The Hall–Kier alpha value is -1.59. The van der Waals surface area contributed by atoms with E-state index in [1.54, 1.807) is 14.2 Å². The summed E-state index contributed by atoms with van der Waals surface area (Å²) in [7, 11) is 3.15. The molecule has 1 unspecified atom stereocenters. The average molecular weight is 354 g/mol. The maximum atomic E-state index is 13.5. The van der Waals surface area contributed by atoms with Gasteiger partial charge in [-0.25, -0.2) is 4.39 Å². The molecule has 0 saturated carbocycles. The average Bonchev–Trinajstić information content (AvgIpc) is 2.45. The molecule has 3 nitrogen and oxygen atoms in total. The summed E-state index contributed by atoms with van der Waals surface area (Å²) < 4.78 is 24.8. The molecule has 0 radical (unpaired) electrons. The van der Waals surface area contributed by atoms with Gasteiger partial charge < -0.3 is 15.2 Å². The first kappa shape index (κ1) is 15.8. The molecule has 112 valence electrons. The van der Waals surface area contributed by atoms with E-state index in [0.29, 0.717) is 21.5 Å². The van der Waals surface area contributed by atoms with E-state index in [0.717, 1.165) is 11.1 Å². The van der Waals surface area contributed by atoms with Crippen LogP contribution in [-0.4, -0.2) is 14.2 Å². The number of hydrogen-bond acceptors (Lipinski definition) is 3. The summed E-state index contributed by atoms with van der Waals surface area (Å²) in [6.07, 6.45) is 0. The van der Waals surface area contributed by atoms with E-state index in [1.165, 1.54) is 12.1 Å². The van der Waals surface area contributed by atoms with Crippen molar-refractivity contribution in [3.8, 4) is 11.5 Å². The van der Waals surface area contributed by atoms with Crippen LogP contribution in [0.2, 0.25) is 0 Å². The molecule has 0 saturated heterocycles. The molecule has 0 aliphatic rings. The molecule has 0 heterocycles. The van der Waals surface area contributed by atoms with Crippen LogP contribution >= 0.6 is 15.9 Å². The second-order valence-electron chi connectivity index (χ2n) is 4.74. The molecule has 0 aliphatic heterocycles. The van der Waals surface area contributed by atoms with Gasteiger partial charge in [0, 0.05) is 4.47 Å². The summed E-state index contributed by atoms with van der Waals surface area (Å²) in [5.74, 6) is 0.920. The fraction of sp³-hybridized carbons (Fsp3) is 0.250. The third-order valence-electron chi connectivity index (χ3n) is 3.35. The lowest BCUT2D eigenvalue weighted by molar-refractivity contribution is 0.354. The predicted molar refractivity (Wildman–Crippen MR) is 84.4 cm³/mol. The number of ether oxygens (including phenoxy) is 2. The molecule has 2 N–H and O–H groups in total. The number of methoxy groups -OCH3 is 2. The standard InChI is InChI=1S/C16H17BrFNO2/c1-9-4-14(20-2)15(21-3)8-13(9)16(19)10-5-11(17)7-12(18)6-10/h4-8,16H,19H2,1-3H3. The largest absolute Gasteiger partial charge is 0.493 e. The van der Waals surface area contributed by atoms with Crippen molar-refractivity contribution in [3.63, 3.8) is 0 Å². The lowest BCUT2D eigenvalue weighted by Crippen LogP contribution is -2.14. The third-order valence-corrected chi connectivity index (χ3v) is 3.81. The molecule has 0 aromatic heterocycles. The summed E-state index contributed by atoms with van der Waals surface area (Å²) in [6, 6.07) is 7.89. The van der Waals surface area contributed by atoms with Crippen molar-refractivity contribution in [2.75, 3.05) is 14.2 Å². The Morgan fingerprint density at radius 3 is 2.24 bits per heavy atom. The molecule has 2 aromatic carbocycles. The Labute approximate surface area is 132 Å². The smallest absolute Gasteiger partial charge is 0.161 e. The van der Waals surface area contributed by atoms with Crippen molar-refractivity contribution in [1.82, 2.24) is 0 Å². The number of nitrogens with two attached hydrogens (primary N) is 1. The third kappa shape index (κ3) is 3.36. The second kappa shape index (κ2) is 6.45. The molecule has 0 aliphatic carbocycles. The van der Waals surface area contributed by atoms with Crippen LogP contribution < -0.4 is 15.2 Å². The molecule has 2 aromatic rings. The highest BCUT2D eigenvalue weighted by Gasteiger charge is 2.16. The number of halogens is 2. The van der Waals surface area contributed by atoms with Crippen LogP contribution in [0, 0.1) is 12.7 Å². The molecule has 5 heteroatoms. The Morgan fingerprint density at radius 1 is 1.05 bits per heavy atom. The minimum absolute atomic E-state index is 0.326. The van der Waals surface area contributed by atoms with Gasteiger partial charge in [0.05, 0.1) is 20.3 Å². The van der Waals surface area contributed by atoms with Crippen molar-refractivity contribution in [3.05, 3.63) is 57.3 Å². The number of benzene rings is 2. The summed E-state index contributed by atoms with van der Waals surface area (Å²) in [6.45, 7) is 1.94. The fourth-order valence-corrected chi connectivity index (χ4v) is 2.75. The van der Waals surface area contributed by atoms with Gasteiger partial charge in [0.25, 0.3) is 0 Å². The first-order valence-corrected chi connectivity index (χ1v) is 7.19. The minimum Gasteiger partial charge on any atom is -0.493 e. The van der Waals surface area contributed by atoms with Crippen LogP contribution in [0.25, 0.3) is 0 Å². The van der Waals surface area contributed by atoms with Gasteiger partial charge in [0.1, 0.15) is 5.82 Å². The van der Waals surface area contributed by atoms with Crippen LogP contribution in [0.4, 0.5) is 4.39 Å². The van der Waals surface area contributed by atoms with Gasteiger partial charge in [-0.3, -0.25) is 0 Å². The van der Waals surface area contributed by atoms with E-state index in [9.17, 15) is 4.39 Å². The highest BCUT2D eigenvalue weighted by atomic mass is 79.9. The Kier molecular flexibility index (Phi) is 4.85. The van der Waals surface area contributed by atoms with E-state index >= 15 is 0 Å². The SMILES string of the molecule is COc1cc(C)c(C(N)c2cc(F)cc(Br)c2)cc1OC. The van der Waals surface area contributed by atoms with E-state index in [2.05, 4.69) is 15.9 Å². The zero-order chi connectivity index (χ0) is 15.6. The molecule has 1 atom stereocenters. The van der Waals surface area contributed by atoms with E-state index < -0.39 is 6.04 Å². The number of rotatable bonds is 4. The summed E-state index contributed by atoms with van der Waals surface area (Å²) in [4.78, 5) is 0. The lowest BCUT2D eigenvalue weighted by atomic mass is 9.95. The molecular formula is C16H17BrFNO2. The van der Waals surface area contributed by atoms with Gasteiger partial charge in [-0.15, -0.1) is 0 Å². The Morgan fingerprint density at radius 2 is 1.67 bits per heavy atom. The molecule has 0 fully saturated rings. The van der Waals surface area contributed by atoms with Gasteiger partial charge in [0.15, 0.2) is 11.5 Å². The van der Waals surface area contributed by atoms with E-state index in [-0.39, 0.29) is 5.82 Å². The van der Waals surface area contributed by atoms with Crippen LogP contribution in [0.15, 0.2) is 34.8 Å². The molecule has 21 heavy (non-hydrogen) atoms. The highest BCUT2D eigenvalue weighted by molar-refractivity contribution is 9.10. The van der Waals surface area contributed by atoms with E-state index in [4.69, 9.17) is 15.2 Å². The van der Waals surface area contributed by atoms with Crippen molar-refractivity contribution < 1.29 is 13.9 Å². The second-order valence-corrected chi connectivity index (χ2v) is 5.66. The van der Waals surface area contributed by atoms with Gasteiger partial charge in [0.2, 0.25) is 0 Å². The summed E-state index contributed by atoms with van der Waals surface area (Å²) >= 11 is 3.28. The molecule has 0 spiro atoms. The van der Waals surface area contributed by atoms with E-state index in [1.807, 2.05) is 25.1 Å². The fourth-order valence-electron chi connectivity index (χ4n) is 2.27. The van der Waals surface area contributed by atoms with Gasteiger partial charge in [-0.2, -0.15) is 0 Å². The topological polar surface area (TPSA) is 44.5 Å².